The van der Waals surface area contributed by atoms with E-state index in [1.165, 1.54) is 11.8 Å². The number of rotatable bonds is 5. The lowest BCUT2D eigenvalue weighted by Crippen LogP contribution is -2.15. The molecule has 1 N–H and O–H groups in total. The van der Waals surface area contributed by atoms with Crippen LogP contribution in [0.15, 0.2) is 58.2 Å². The van der Waals surface area contributed by atoms with E-state index >= 15 is 0 Å². The Bertz CT molecular complexity index is 853. The number of aryl methyl sites for hydroxylation is 1. The van der Waals surface area contributed by atoms with Crippen LogP contribution in [0, 0.1) is 6.92 Å². The van der Waals surface area contributed by atoms with Crippen molar-refractivity contribution in [3.8, 4) is 5.69 Å². The Morgan fingerprint density at radius 3 is 2.79 bits per heavy atom. The van der Waals surface area contributed by atoms with E-state index in [-0.39, 0.29) is 11.7 Å². The van der Waals surface area contributed by atoms with Gasteiger partial charge >= 0.3 is 0 Å². The lowest BCUT2D eigenvalue weighted by atomic mass is 10.2. The van der Waals surface area contributed by atoms with Crippen LogP contribution < -0.4 is 5.32 Å². The molecule has 3 rings (SSSR count). The number of amides is 1. The first kappa shape index (κ1) is 16.7. The fraction of sp³-hybridized carbons (Fsp3) is 0.125. The molecule has 122 valence electrons. The Labute approximate surface area is 151 Å². The smallest absolute Gasteiger partial charge is 0.234 e. The predicted octanol–water partition coefficient (Wildman–Crippen LogP) is 3.46. The lowest BCUT2D eigenvalue weighted by Gasteiger charge is -2.08. The van der Waals surface area contributed by atoms with Gasteiger partial charge in [-0.25, -0.2) is 0 Å². The summed E-state index contributed by atoms with van der Waals surface area (Å²) in [7, 11) is 0. The van der Waals surface area contributed by atoms with Crippen molar-refractivity contribution in [2.75, 3.05) is 11.1 Å². The number of carbonyl (C=O) groups is 1. The van der Waals surface area contributed by atoms with E-state index in [1.54, 1.807) is 4.68 Å². The van der Waals surface area contributed by atoms with E-state index < -0.39 is 0 Å². The first-order valence-corrected chi connectivity index (χ1v) is 8.94. The van der Waals surface area contributed by atoms with Gasteiger partial charge in [0.15, 0.2) is 0 Å². The molecule has 0 aliphatic carbocycles. The van der Waals surface area contributed by atoms with Gasteiger partial charge in [0.05, 0.1) is 11.4 Å². The number of para-hydroxylation sites is 1. The molecule has 0 atom stereocenters. The van der Waals surface area contributed by atoms with Gasteiger partial charge in [0.25, 0.3) is 0 Å². The molecule has 0 saturated carbocycles. The zero-order valence-corrected chi connectivity index (χ0v) is 15.2. The van der Waals surface area contributed by atoms with Crippen molar-refractivity contribution in [3.63, 3.8) is 0 Å². The summed E-state index contributed by atoms with van der Waals surface area (Å²) in [6.45, 7) is 1.95. The summed E-state index contributed by atoms with van der Waals surface area (Å²) in [6.07, 6.45) is 0. The van der Waals surface area contributed by atoms with Crippen LogP contribution in [0.4, 0.5) is 5.69 Å². The van der Waals surface area contributed by atoms with Gasteiger partial charge in [-0.15, -0.1) is 5.10 Å². The Morgan fingerprint density at radius 2 is 2.04 bits per heavy atom. The highest BCUT2D eigenvalue weighted by Gasteiger charge is 2.12. The Balaban J connectivity index is 1.64. The van der Waals surface area contributed by atoms with Crippen molar-refractivity contribution in [3.05, 3.63) is 58.6 Å². The van der Waals surface area contributed by atoms with Crippen molar-refractivity contribution in [2.45, 2.75) is 12.1 Å². The quantitative estimate of drug-likeness (QED) is 0.660. The number of nitrogens with zero attached hydrogens (tertiary/aromatic N) is 4. The summed E-state index contributed by atoms with van der Waals surface area (Å²) in [5.41, 5.74) is 2.65. The van der Waals surface area contributed by atoms with Crippen molar-refractivity contribution in [1.82, 2.24) is 20.2 Å². The van der Waals surface area contributed by atoms with E-state index in [4.69, 9.17) is 0 Å². The van der Waals surface area contributed by atoms with Gasteiger partial charge in [0, 0.05) is 10.2 Å². The van der Waals surface area contributed by atoms with Gasteiger partial charge < -0.3 is 5.32 Å². The number of hydrogen-bond acceptors (Lipinski definition) is 5. The van der Waals surface area contributed by atoms with E-state index in [2.05, 4.69) is 36.8 Å². The van der Waals surface area contributed by atoms with Crippen molar-refractivity contribution < 1.29 is 4.79 Å². The number of thioether (sulfide) groups is 1. The second-order valence-electron chi connectivity index (χ2n) is 5.00. The molecule has 6 nitrogen and oxygen atoms in total. The molecule has 0 aliphatic heterocycles. The van der Waals surface area contributed by atoms with Gasteiger partial charge in [-0.2, -0.15) is 4.68 Å². The molecular weight excluding hydrogens is 390 g/mol. The highest BCUT2D eigenvalue weighted by Crippen LogP contribution is 2.21. The molecule has 0 saturated heterocycles. The van der Waals surface area contributed by atoms with E-state index in [1.807, 2.05) is 55.5 Å². The van der Waals surface area contributed by atoms with Gasteiger partial charge in [0.2, 0.25) is 11.1 Å². The Hall–Kier alpha value is -2.19. The molecule has 0 fully saturated rings. The summed E-state index contributed by atoms with van der Waals surface area (Å²) in [5.74, 6) is 0.121. The van der Waals surface area contributed by atoms with Crippen LogP contribution in [-0.4, -0.2) is 31.9 Å². The first-order valence-electron chi connectivity index (χ1n) is 7.16. The number of aromatic nitrogens is 4. The number of hydrogen-bond donors (Lipinski definition) is 1. The van der Waals surface area contributed by atoms with Crippen molar-refractivity contribution in [1.29, 1.82) is 0 Å². The van der Waals surface area contributed by atoms with Crippen LogP contribution in [0.2, 0.25) is 0 Å². The molecule has 24 heavy (non-hydrogen) atoms. The molecule has 8 heteroatoms. The summed E-state index contributed by atoms with van der Waals surface area (Å²) >= 11 is 4.70. The minimum Gasteiger partial charge on any atom is -0.325 e. The van der Waals surface area contributed by atoms with Crippen LogP contribution in [0.3, 0.4) is 0 Å². The zero-order valence-electron chi connectivity index (χ0n) is 12.8. The first-order chi connectivity index (χ1) is 11.6. The minimum absolute atomic E-state index is 0.104. The van der Waals surface area contributed by atoms with E-state index in [9.17, 15) is 4.79 Å². The average molecular weight is 404 g/mol. The number of benzene rings is 2. The monoisotopic (exact) mass is 403 g/mol. The largest absolute Gasteiger partial charge is 0.325 e. The van der Waals surface area contributed by atoms with Crippen LogP contribution in [0.5, 0.6) is 0 Å². The molecule has 2 aromatic carbocycles. The predicted molar refractivity (Wildman–Crippen MR) is 97.4 cm³/mol. The maximum atomic E-state index is 12.2. The molecule has 3 aromatic rings. The maximum absolute atomic E-state index is 12.2. The molecule has 1 aromatic heterocycles. The highest BCUT2D eigenvalue weighted by atomic mass is 79.9. The molecule has 0 spiro atoms. The molecule has 0 bridgehead atoms. The second kappa shape index (κ2) is 7.59. The standard InChI is InChI=1S/C16H14BrN5OS/c1-11-9-12(17)7-8-14(11)18-15(23)10-24-16-19-20-21-22(16)13-5-3-2-4-6-13/h2-9H,10H2,1H3,(H,18,23). The van der Waals surface area contributed by atoms with Gasteiger partial charge in [-0.1, -0.05) is 45.9 Å². The van der Waals surface area contributed by atoms with Crippen LogP contribution in [0.25, 0.3) is 5.69 Å². The summed E-state index contributed by atoms with van der Waals surface area (Å²) in [5, 5.41) is 15.1. The third kappa shape index (κ3) is 4.01. The Morgan fingerprint density at radius 1 is 1.25 bits per heavy atom. The molecule has 1 heterocycles. The highest BCUT2D eigenvalue weighted by molar-refractivity contribution is 9.10. The molecule has 0 aliphatic rings. The molecule has 1 amide bonds. The topological polar surface area (TPSA) is 72.7 Å². The summed E-state index contributed by atoms with van der Waals surface area (Å²) in [6, 6.07) is 15.3. The minimum atomic E-state index is -0.104. The fourth-order valence-electron chi connectivity index (χ4n) is 2.08. The number of tetrazole rings is 1. The summed E-state index contributed by atoms with van der Waals surface area (Å²) in [4.78, 5) is 12.2. The third-order valence-corrected chi connectivity index (χ3v) is 4.65. The fourth-order valence-corrected chi connectivity index (χ4v) is 3.25. The zero-order chi connectivity index (χ0) is 16.9. The second-order valence-corrected chi connectivity index (χ2v) is 6.86. The normalized spacial score (nSPS) is 10.6. The number of carbonyl (C=O) groups excluding carboxylic acids is 1. The van der Waals surface area contributed by atoms with Crippen LogP contribution >= 0.6 is 27.7 Å². The van der Waals surface area contributed by atoms with Crippen LogP contribution in [0.1, 0.15) is 5.56 Å². The van der Waals surface area contributed by atoms with Crippen molar-refractivity contribution >= 4 is 39.3 Å². The average Bonchev–Trinajstić information content (AvgIpc) is 3.05. The third-order valence-electron chi connectivity index (χ3n) is 3.24. The Kier molecular flexibility index (Phi) is 5.27. The molecular formula is C16H14BrN5OS. The number of anilines is 1. The van der Waals surface area contributed by atoms with E-state index in [0.717, 1.165) is 21.4 Å². The molecule has 0 unspecified atom stereocenters. The van der Waals surface area contributed by atoms with E-state index in [0.29, 0.717) is 5.16 Å². The maximum Gasteiger partial charge on any atom is 0.234 e. The van der Waals surface area contributed by atoms with Gasteiger partial charge in [0.1, 0.15) is 0 Å². The summed E-state index contributed by atoms with van der Waals surface area (Å²) < 4.78 is 2.59. The van der Waals surface area contributed by atoms with Gasteiger partial charge in [-0.3, -0.25) is 4.79 Å². The number of halogens is 1. The molecule has 0 radical (unpaired) electrons. The van der Waals surface area contributed by atoms with Crippen molar-refractivity contribution in [2.24, 2.45) is 0 Å². The SMILES string of the molecule is Cc1cc(Br)ccc1NC(=O)CSc1nnnn1-c1ccccc1. The van der Waals surface area contributed by atoms with Gasteiger partial charge in [-0.05, 0) is 53.2 Å². The number of nitrogens with one attached hydrogen (secondary N) is 1. The van der Waals surface area contributed by atoms with Crippen LogP contribution in [-0.2, 0) is 4.79 Å². The lowest BCUT2D eigenvalue weighted by molar-refractivity contribution is -0.113.